The number of aliphatic hydroxyl groups excluding tert-OH is 1. The first kappa shape index (κ1) is 14.5. The Morgan fingerprint density at radius 2 is 2.20 bits per heavy atom. The second-order valence-corrected chi connectivity index (χ2v) is 4.17. The zero-order valence-electron chi connectivity index (χ0n) is 11.5. The molecule has 0 aromatic carbocycles. The van der Waals surface area contributed by atoms with E-state index in [4.69, 9.17) is 9.84 Å². The van der Waals surface area contributed by atoms with Gasteiger partial charge in [-0.05, 0) is 13.3 Å². The summed E-state index contributed by atoms with van der Waals surface area (Å²) in [5.41, 5.74) is 0.704. The average molecular weight is 280 g/mol. The normalized spacial score (nSPS) is 10.9. The van der Waals surface area contributed by atoms with Crippen LogP contribution in [0, 0.1) is 0 Å². The molecule has 4 N–H and O–H groups in total. The Morgan fingerprint density at radius 1 is 1.30 bits per heavy atom. The Kier molecular flexibility index (Phi) is 5.51. The maximum absolute atomic E-state index is 8.60. The summed E-state index contributed by atoms with van der Waals surface area (Å²) in [7, 11) is 0. The van der Waals surface area contributed by atoms with Gasteiger partial charge in [0.2, 0.25) is 5.95 Å². The van der Waals surface area contributed by atoms with Gasteiger partial charge in [0.05, 0.1) is 24.8 Å². The first-order valence-electron chi connectivity index (χ1n) is 6.72. The summed E-state index contributed by atoms with van der Waals surface area (Å²) in [6.45, 7) is 4.52. The maximum Gasteiger partial charge on any atom is 0.226 e. The Morgan fingerprint density at radius 3 is 3.00 bits per heavy atom. The quantitative estimate of drug-likeness (QED) is 0.498. The van der Waals surface area contributed by atoms with E-state index < -0.39 is 0 Å². The van der Waals surface area contributed by atoms with Gasteiger partial charge in [-0.2, -0.15) is 15.1 Å². The number of aliphatic hydroxyl groups is 1. The number of anilines is 2. The molecule has 20 heavy (non-hydrogen) atoms. The summed E-state index contributed by atoms with van der Waals surface area (Å²) in [4.78, 5) is 8.74. The molecule has 0 unspecified atom stereocenters. The van der Waals surface area contributed by atoms with Crippen LogP contribution in [0.25, 0.3) is 11.0 Å². The molecule has 8 heteroatoms. The predicted octanol–water partition coefficient (Wildman–Crippen LogP) is 0.596. The molecule has 2 rings (SSSR count). The van der Waals surface area contributed by atoms with Crippen LogP contribution in [-0.2, 0) is 4.74 Å². The van der Waals surface area contributed by atoms with Crippen molar-refractivity contribution in [3.05, 3.63) is 6.20 Å². The predicted molar refractivity (Wildman–Crippen MR) is 76.9 cm³/mol. The SMILES string of the molecule is CCNc1nc(NCCCOCCO)c2cn[nH]c2n1. The van der Waals surface area contributed by atoms with Crippen LogP contribution in [0.2, 0.25) is 0 Å². The van der Waals surface area contributed by atoms with Crippen LogP contribution in [-0.4, -0.2) is 58.2 Å². The van der Waals surface area contributed by atoms with Gasteiger partial charge in [0, 0.05) is 19.7 Å². The van der Waals surface area contributed by atoms with E-state index in [1.165, 1.54) is 0 Å². The lowest BCUT2D eigenvalue weighted by Gasteiger charge is -2.09. The molecule has 0 aliphatic rings. The summed E-state index contributed by atoms with van der Waals surface area (Å²) >= 11 is 0. The molecule has 0 atom stereocenters. The highest BCUT2D eigenvalue weighted by atomic mass is 16.5. The molecule has 0 fully saturated rings. The molecule has 2 heterocycles. The van der Waals surface area contributed by atoms with Crippen molar-refractivity contribution >= 4 is 22.8 Å². The van der Waals surface area contributed by atoms with E-state index in [1.807, 2.05) is 6.92 Å². The lowest BCUT2D eigenvalue weighted by molar-refractivity contribution is 0.0922. The fourth-order valence-electron chi connectivity index (χ4n) is 1.75. The number of H-pyrrole nitrogens is 1. The molecule has 0 radical (unpaired) electrons. The van der Waals surface area contributed by atoms with E-state index in [2.05, 4.69) is 30.8 Å². The second kappa shape index (κ2) is 7.61. The molecule has 2 aromatic heterocycles. The van der Waals surface area contributed by atoms with Gasteiger partial charge in [-0.15, -0.1) is 0 Å². The molecular weight excluding hydrogens is 260 g/mol. The summed E-state index contributed by atoms with van der Waals surface area (Å²) in [5, 5.41) is 22.6. The van der Waals surface area contributed by atoms with Crippen molar-refractivity contribution in [2.75, 3.05) is 43.5 Å². The molecule has 0 spiro atoms. The van der Waals surface area contributed by atoms with E-state index in [0.717, 1.165) is 30.7 Å². The molecule has 0 aliphatic heterocycles. The molecule has 0 bridgehead atoms. The lowest BCUT2D eigenvalue weighted by Crippen LogP contribution is -2.10. The van der Waals surface area contributed by atoms with Gasteiger partial charge in [-0.25, -0.2) is 0 Å². The number of hydrogen-bond acceptors (Lipinski definition) is 7. The first-order valence-corrected chi connectivity index (χ1v) is 6.72. The zero-order valence-corrected chi connectivity index (χ0v) is 11.5. The van der Waals surface area contributed by atoms with Crippen molar-refractivity contribution < 1.29 is 9.84 Å². The van der Waals surface area contributed by atoms with Crippen molar-refractivity contribution in [1.82, 2.24) is 20.2 Å². The van der Waals surface area contributed by atoms with Gasteiger partial charge in [0.25, 0.3) is 0 Å². The largest absolute Gasteiger partial charge is 0.394 e. The second-order valence-electron chi connectivity index (χ2n) is 4.17. The summed E-state index contributed by atoms with van der Waals surface area (Å²) in [5.74, 6) is 1.32. The number of nitrogens with one attached hydrogen (secondary N) is 3. The van der Waals surface area contributed by atoms with Crippen molar-refractivity contribution in [3.8, 4) is 0 Å². The first-order chi connectivity index (χ1) is 9.85. The van der Waals surface area contributed by atoms with Crippen molar-refractivity contribution in [3.63, 3.8) is 0 Å². The van der Waals surface area contributed by atoms with Crippen molar-refractivity contribution in [2.45, 2.75) is 13.3 Å². The van der Waals surface area contributed by atoms with Gasteiger partial charge in [0.1, 0.15) is 5.82 Å². The number of hydrogen-bond donors (Lipinski definition) is 4. The standard InChI is InChI=1S/C12H20N6O2/c1-2-13-12-16-10(9-8-15-18-11(9)17-12)14-4-3-6-20-7-5-19/h8,19H,2-7H2,1H3,(H3,13,14,15,16,17,18). The molecule has 2 aromatic rings. The van der Waals surface area contributed by atoms with Crippen LogP contribution in [0.4, 0.5) is 11.8 Å². The van der Waals surface area contributed by atoms with Crippen LogP contribution in [0.15, 0.2) is 6.20 Å². The molecular formula is C12H20N6O2. The van der Waals surface area contributed by atoms with E-state index in [-0.39, 0.29) is 6.61 Å². The highest BCUT2D eigenvalue weighted by Gasteiger charge is 2.08. The number of rotatable bonds is 9. The maximum atomic E-state index is 8.60. The lowest BCUT2D eigenvalue weighted by atomic mass is 10.3. The van der Waals surface area contributed by atoms with Crippen LogP contribution in [0.3, 0.4) is 0 Å². The number of fused-ring (bicyclic) bond motifs is 1. The molecule has 0 saturated carbocycles. The molecule has 0 aliphatic carbocycles. The third-order valence-electron chi connectivity index (χ3n) is 2.64. The topological polar surface area (TPSA) is 108 Å². The third-order valence-corrected chi connectivity index (χ3v) is 2.64. The zero-order chi connectivity index (χ0) is 14.2. The van der Waals surface area contributed by atoms with Crippen LogP contribution < -0.4 is 10.6 Å². The van der Waals surface area contributed by atoms with Crippen molar-refractivity contribution in [2.24, 2.45) is 0 Å². The Balaban J connectivity index is 1.95. The Hall–Kier alpha value is -1.93. The Bertz CT molecular complexity index is 530. The average Bonchev–Trinajstić information content (AvgIpc) is 2.91. The van der Waals surface area contributed by atoms with Crippen molar-refractivity contribution in [1.29, 1.82) is 0 Å². The van der Waals surface area contributed by atoms with Gasteiger partial charge >= 0.3 is 0 Å². The van der Waals surface area contributed by atoms with Crippen LogP contribution in [0.1, 0.15) is 13.3 Å². The van der Waals surface area contributed by atoms with E-state index >= 15 is 0 Å². The van der Waals surface area contributed by atoms with E-state index in [9.17, 15) is 0 Å². The minimum Gasteiger partial charge on any atom is -0.394 e. The summed E-state index contributed by atoms with van der Waals surface area (Å²) < 4.78 is 5.20. The smallest absolute Gasteiger partial charge is 0.226 e. The number of aromatic nitrogens is 4. The Labute approximate surface area is 117 Å². The molecule has 110 valence electrons. The fourth-order valence-corrected chi connectivity index (χ4v) is 1.75. The minimum atomic E-state index is 0.0566. The number of ether oxygens (including phenoxy) is 1. The monoisotopic (exact) mass is 280 g/mol. The summed E-state index contributed by atoms with van der Waals surface area (Å²) in [6, 6.07) is 0. The van der Waals surface area contributed by atoms with Crippen LogP contribution in [0.5, 0.6) is 0 Å². The number of nitrogens with zero attached hydrogens (tertiary/aromatic N) is 3. The third kappa shape index (κ3) is 3.78. The van der Waals surface area contributed by atoms with Crippen LogP contribution >= 0.6 is 0 Å². The highest BCUT2D eigenvalue weighted by Crippen LogP contribution is 2.19. The number of aromatic amines is 1. The van der Waals surface area contributed by atoms with Gasteiger partial charge in [-0.1, -0.05) is 0 Å². The fraction of sp³-hybridized carbons (Fsp3) is 0.583. The minimum absolute atomic E-state index is 0.0566. The van der Waals surface area contributed by atoms with E-state index in [1.54, 1.807) is 6.20 Å². The molecule has 0 saturated heterocycles. The van der Waals surface area contributed by atoms with E-state index in [0.29, 0.717) is 24.8 Å². The molecule has 0 amide bonds. The highest BCUT2D eigenvalue weighted by molar-refractivity contribution is 5.86. The summed E-state index contributed by atoms with van der Waals surface area (Å²) in [6.07, 6.45) is 2.54. The van der Waals surface area contributed by atoms with Gasteiger partial charge in [0.15, 0.2) is 5.65 Å². The van der Waals surface area contributed by atoms with Gasteiger partial charge < -0.3 is 20.5 Å². The van der Waals surface area contributed by atoms with Gasteiger partial charge in [-0.3, -0.25) is 5.10 Å². The molecule has 8 nitrogen and oxygen atoms in total.